The number of nitrogens with zero attached hydrogens (tertiary/aromatic N) is 2. The van der Waals surface area contributed by atoms with Crippen molar-refractivity contribution in [2.24, 2.45) is 7.05 Å². The van der Waals surface area contributed by atoms with Crippen molar-refractivity contribution in [2.75, 3.05) is 0 Å². The van der Waals surface area contributed by atoms with Crippen LogP contribution in [0, 0.1) is 6.92 Å². The number of aryl methyl sites for hydroxylation is 2. The van der Waals surface area contributed by atoms with Gasteiger partial charge in [0.1, 0.15) is 18.1 Å². The van der Waals surface area contributed by atoms with E-state index in [-0.39, 0.29) is 18.3 Å². The zero-order chi connectivity index (χ0) is 17.8. The van der Waals surface area contributed by atoms with Crippen LogP contribution in [0.3, 0.4) is 0 Å². The Labute approximate surface area is 153 Å². The van der Waals surface area contributed by atoms with Crippen LogP contribution in [0.4, 0.5) is 0 Å². The molecule has 7 heteroatoms. The Morgan fingerprint density at radius 1 is 1.32 bits per heavy atom. The second-order valence-electron chi connectivity index (χ2n) is 5.57. The molecule has 0 aliphatic rings. The number of hydrogen-bond acceptors (Lipinski definition) is 4. The zero-order valence-corrected chi connectivity index (χ0v) is 15.5. The topological polar surface area (TPSA) is 69.3 Å². The van der Waals surface area contributed by atoms with Crippen molar-refractivity contribution in [1.82, 2.24) is 15.1 Å². The first-order valence-electron chi connectivity index (χ1n) is 7.76. The van der Waals surface area contributed by atoms with Crippen LogP contribution in [0.25, 0.3) is 0 Å². The van der Waals surface area contributed by atoms with Gasteiger partial charge in [-0.3, -0.25) is 9.48 Å². The number of nitrogens with one attached hydrogen (secondary N) is 1. The third-order valence-electron chi connectivity index (χ3n) is 3.78. The average Bonchev–Trinajstić information content (AvgIpc) is 3.20. The molecule has 0 aliphatic carbocycles. The first-order valence-corrected chi connectivity index (χ1v) is 8.55. The molecule has 2 aromatic heterocycles. The fraction of sp³-hybridized carbons (Fsp3) is 0.222. The van der Waals surface area contributed by atoms with Crippen LogP contribution in [0.5, 0.6) is 5.75 Å². The van der Waals surface area contributed by atoms with Gasteiger partial charge in [0.25, 0.3) is 5.91 Å². The molecule has 0 radical (unpaired) electrons. The van der Waals surface area contributed by atoms with E-state index in [0.717, 1.165) is 21.5 Å². The van der Waals surface area contributed by atoms with Gasteiger partial charge in [-0.25, -0.2) is 0 Å². The minimum atomic E-state index is -0.282. The number of aromatic nitrogens is 2. The SMILES string of the molecule is Cc1ccccc1OCc1ccc(C(=O)NCc2c(Br)cnn2C)o1. The van der Waals surface area contributed by atoms with Crippen molar-refractivity contribution < 1.29 is 13.9 Å². The summed E-state index contributed by atoms with van der Waals surface area (Å²) < 4.78 is 13.8. The van der Waals surface area contributed by atoms with Gasteiger partial charge in [-0.2, -0.15) is 5.10 Å². The van der Waals surface area contributed by atoms with Crippen LogP contribution in [0.2, 0.25) is 0 Å². The molecule has 0 spiro atoms. The van der Waals surface area contributed by atoms with Gasteiger partial charge >= 0.3 is 0 Å². The average molecular weight is 404 g/mol. The smallest absolute Gasteiger partial charge is 0.287 e. The van der Waals surface area contributed by atoms with E-state index in [1.165, 1.54) is 0 Å². The molecule has 3 rings (SSSR count). The van der Waals surface area contributed by atoms with Crippen molar-refractivity contribution in [3.63, 3.8) is 0 Å². The number of carbonyl (C=O) groups excluding carboxylic acids is 1. The number of rotatable bonds is 6. The van der Waals surface area contributed by atoms with Crippen molar-refractivity contribution in [3.05, 3.63) is 69.8 Å². The molecule has 130 valence electrons. The maximum atomic E-state index is 12.2. The number of para-hydroxylation sites is 1. The molecule has 0 unspecified atom stereocenters. The molecule has 0 bridgehead atoms. The Morgan fingerprint density at radius 3 is 2.84 bits per heavy atom. The standard InChI is InChI=1S/C18H18BrN3O3/c1-12-5-3-4-6-16(12)24-11-13-7-8-17(25-13)18(23)20-10-15-14(19)9-21-22(15)2/h3-9H,10-11H2,1-2H3,(H,20,23). The Balaban J connectivity index is 1.57. The number of amides is 1. The highest BCUT2D eigenvalue weighted by molar-refractivity contribution is 9.10. The van der Waals surface area contributed by atoms with Crippen molar-refractivity contribution in [3.8, 4) is 5.75 Å². The molecule has 0 fully saturated rings. The maximum absolute atomic E-state index is 12.2. The molecule has 3 aromatic rings. The lowest BCUT2D eigenvalue weighted by Gasteiger charge is -2.07. The van der Waals surface area contributed by atoms with Crippen LogP contribution in [0.15, 0.2) is 51.5 Å². The number of hydrogen-bond donors (Lipinski definition) is 1. The quantitative estimate of drug-likeness (QED) is 0.682. The van der Waals surface area contributed by atoms with Gasteiger partial charge in [-0.15, -0.1) is 0 Å². The van der Waals surface area contributed by atoms with Crippen LogP contribution in [-0.4, -0.2) is 15.7 Å². The summed E-state index contributed by atoms with van der Waals surface area (Å²) in [7, 11) is 1.82. The molecule has 2 heterocycles. The van der Waals surface area contributed by atoms with E-state index >= 15 is 0 Å². The van der Waals surface area contributed by atoms with E-state index in [4.69, 9.17) is 9.15 Å². The summed E-state index contributed by atoms with van der Waals surface area (Å²) in [5, 5.41) is 6.92. The first kappa shape index (κ1) is 17.3. The number of halogens is 1. The molecule has 1 amide bonds. The minimum Gasteiger partial charge on any atom is -0.485 e. The number of carbonyl (C=O) groups is 1. The van der Waals surface area contributed by atoms with Gasteiger partial charge in [0.05, 0.1) is 22.9 Å². The molecule has 0 atom stereocenters. The third-order valence-corrected chi connectivity index (χ3v) is 4.44. The molecular weight excluding hydrogens is 386 g/mol. The predicted molar refractivity (Wildman–Crippen MR) is 96.3 cm³/mol. The van der Waals surface area contributed by atoms with Crippen LogP contribution in [0.1, 0.15) is 27.6 Å². The second-order valence-corrected chi connectivity index (χ2v) is 6.42. The lowest BCUT2D eigenvalue weighted by molar-refractivity contribution is 0.0918. The molecule has 1 aromatic carbocycles. The lowest BCUT2D eigenvalue weighted by atomic mass is 10.2. The summed E-state index contributed by atoms with van der Waals surface area (Å²) >= 11 is 3.40. The summed E-state index contributed by atoms with van der Waals surface area (Å²) in [5.41, 5.74) is 1.93. The summed E-state index contributed by atoms with van der Waals surface area (Å²) in [6.07, 6.45) is 1.69. The van der Waals surface area contributed by atoms with Crippen LogP contribution < -0.4 is 10.1 Å². The Hall–Kier alpha value is -2.54. The maximum Gasteiger partial charge on any atom is 0.287 e. The monoisotopic (exact) mass is 403 g/mol. The predicted octanol–water partition coefficient (Wildman–Crippen LogP) is 3.59. The molecule has 0 saturated carbocycles. The van der Waals surface area contributed by atoms with E-state index in [2.05, 4.69) is 26.3 Å². The van der Waals surface area contributed by atoms with Crippen LogP contribution in [-0.2, 0) is 20.2 Å². The zero-order valence-electron chi connectivity index (χ0n) is 14.0. The highest BCUT2D eigenvalue weighted by Crippen LogP contribution is 2.19. The van der Waals surface area contributed by atoms with Gasteiger partial charge in [-0.1, -0.05) is 18.2 Å². The lowest BCUT2D eigenvalue weighted by Crippen LogP contribution is -2.23. The molecule has 0 aliphatic heterocycles. The molecule has 1 N–H and O–H groups in total. The first-order chi connectivity index (χ1) is 12.0. The van der Waals surface area contributed by atoms with Crippen molar-refractivity contribution in [1.29, 1.82) is 0 Å². The highest BCUT2D eigenvalue weighted by Gasteiger charge is 2.13. The highest BCUT2D eigenvalue weighted by atomic mass is 79.9. The number of furan rings is 1. The summed E-state index contributed by atoms with van der Waals surface area (Å²) in [6.45, 7) is 2.60. The summed E-state index contributed by atoms with van der Waals surface area (Å²) in [5.74, 6) is 1.36. The van der Waals surface area contributed by atoms with Crippen LogP contribution >= 0.6 is 15.9 Å². The molecular formula is C18H18BrN3O3. The third kappa shape index (κ3) is 4.11. The van der Waals surface area contributed by atoms with Crippen molar-refractivity contribution >= 4 is 21.8 Å². The Kier molecular flexibility index (Phi) is 5.23. The van der Waals surface area contributed by atoms with Gasteiger partial charge in [0.2, 0.25) is 0 Å². The fourth-order valence-electron chi connectivity index (χ4n) is 2.33. The van der Waals surface area contributed by atoms with E-state index in [9.17, 15) is 4.79 Å². The van der Waals surface area contributed by atoms with Gasteiger partial charge in [-0.05, 0) is 46.6 Å². The van der Waals surface area contributed by atoms with E-state index in [1.54, 1.807) is 23.0 Å². The molecule has 0 saturated heterocycles. The van der Waals surface area contributed by atoms with E-state index in [0.29, 0.717) is 12.3 Å². The number of benzene rings is 1. The largest absolute Gasteiger partial charge is 0.485 e. The summed E-state index contributed by atoms with van der Waals surface area (Å²) in [6, 6.07) is 11.1. The summed E-state index contributed by atoms with van der Waals surface area (Å²) in [4.78, 5) is 12.2. The Bertz CT molecular complexity index is 866. The normalized spacial score (nSPS) is 10.7. The van der Waals surface area contributed by atoms with Gasteiger partial charge in [0, 0.05) is 7.05 Å². The van der Waals surface area contributed by atoms with E-state index < -0.39 is 0 Å². The minimum absolute atomic E-state index is 0.252. The molecule has 25 heavy (non-hydrogen) atoms. The fourth-order valence-corrected chi connectivity index (χ4v) is 2.82. The Morgan fingerprint density at radius 2 is 2.12 bits per heavy atom. The van der Waals surface area contributed by atoms with Crippen molar-refractivity contribution in [2.45, 2.75) is 20.1 Å². The van der Waals surface area contributed by atoms with Gasteiger partial charge < -0.3 is 14.5 Å². The molecule has 6 nitrogen and oxygen atoms in total. The van der Waals surface area contributed by atoms with E-state index in [1.807, 2.05) is 38.2 Å². The number of ether oxygens (including phenoxy) is 1. The van der Waals surface area contributed by atoms with Gasteiger partial charge in [0.15, 0.2) is 5.76 Å². The second kappa shape index (κ2) is 7.57.